The van der Waals surface area contributed by atoms with Gasteiger partial charge < -0.3 is 0 Å². The van der Waals surface area contributed by atoms with Crippen LogP contribution in [0.4, 0.5) is 0 Å². The van der Waals surface area contributed by atoms with Crippen LogP contribution in [0.3, 0.4) is 0 Å². The lowest BCUT2D eigenvalue weighted by Gasteiger charge is -2.15. The summed E-state index contributed by atoms with van der Waals surface area (Å²) in [6.45, 7) is 7.60. The van der Waals surface area contributed by atoms with E-state index in [-0.39, 0.29) is 5.41 Å². The summed E-state index contributed by atoms with van der Waals surface area (Å²) in [6, 6.07) is 4.44. The van der Waals surface area contributed by atoms with E-state index < -0.39 is 0 Å². The molecule has 1 aromatic heterocycles. The molecule has 1 aromatic rings. The Kier molecular flexibility index (Phi) is 4.23. The van der Waals surface area contributed by atoms with Crippen LogP contribution in [-0.2, 0) is 16.8 Å². The summed E-state index contributed by atoms with van der Waals surface area (Å²) in [7, 11) is 0. The number of hydroxylamine groups is 1. The van der Waals surface area contributed by atoms with Gasteiger partial charge in [0.05, 0.1) is 12.6 Å². The molecule has 0 radical (unpaired) electrons. The summed E-state index contributed by atoms with van der Waals surface area (Å²) < 4.78 is 0. The molecule has 1 aliphatic rings. The molecule has 0 atom stereocenters. The molecule has 0 spiro atoms. The number of hydrogen-bond acceptors (Lipinski definition) is 3. The van der Waals surface area contributed by atoms with Crippen LogP contribution in [-0.4, -0.2) is 6.10 Å². The van der Waals surface area contributed by atoms with Crippen LogP contribution >= 0.6 is 11.3 Å². The van der Waals surface area contributed by atoms with Gasteiger partial charge in [0.2, 0.25) is 0 Å². The molecule has 1 saturated carbocycles. The van der Waals surface area contributed by atoms with Crippen molar-refractivity contribution >= 4 is 11.3 Å². The Labute approximate surface area is 108 Å². The smallest absolute Gasteiger partial charge is 0.0790 e. The van der Waals surface area contributed by atoms with Gasteiger partial charge in [0, 0.05) is 9.75 Å². The molecule has 2 rings (SSSR count). The minimum atomic E-state index is 0.259. The molecular weight excluding hydrogens is 230 g/mol. The molecule has 0 aliphatic heterocycles. The van der Waals surface area contributed by atoms with Gasteiger partial charge in [-0.3, -0.25) is 4.84 Å². The second kappa shape index (κ2) is 5.51. The van der Waals surface area contributed by atoms with Gasteiger partial charge >= 0.3 is 0 Å². The van der Waals surface area contributed by atoms with E-state index in [0.717, 1.165) is 6.54 Å². The third kappa shape index (κ3) is 3.80. The molecule has 0 unspecified atom stereocenters. The quantitative estimate of drug-likeness (QED) is 0.819. The van der Waals surface area contributed by atoms with Crippen molar-refractivity contribution in [2.75, 3.05) is 0 Å². The molecule has 2 nitrogen and oxygen atoms in total. The van der Waals surface area contributed by atoms with Crippen LogP contribution in [0.25, 0.3) is 0 Å². The summed E-state index contributed by atoms with van der Waals surface area (Å²) in [4.78, 5) is 8.45. The van der Waals surface area contributed by atoms with Crippen LogP contribution in [0.5, 0.6) is 0 Å². The Morgan fingerprint density at radius 1 is 1.29 bits per heavy atom. The normalized spacial score (nSPS) is 17.8. The Hall–Kier alpha value is -0.380. The Balaban J connectivity index is 1.77. The van der Waals surface area contributed by atoms with Crippen molar-refractivity contribution in [3.63, 3.8) is 0 Å². The van der Waals surface area contributed by atoms with Crippen molar-refractivity contribution in [3.05, 3.63) is 21.9 Å². The van der Waals surface area contributed by atoms with Crippen LogP contribution < -0.4 is 5.48 Å². The van der Waals surface area contributed by atoms with E-state index in [9.17, 15) is 0 Å². The molecule has 0 aromatic carbocycles. The van der Waals surface area contributed by atoms with Crippen LogP contribution in [0.1, 0.15) is 56.2 Å². The standard InChI is InChI=1S/C14H23NOS/c1-14(2,3)13-9-8-12(17-13)10-15-16-11-6-4-5-7-11/h8-9,11,15H,4-7,10H2,1-3H3. The molecule has 0 saturated heterocycles. The summed E-state index contributed by atoms with van der Waals surface area (Å²) in [6.07, 6.45) is 5.51. The minimum absolute atomic E-state index is 0.259. The zero-order valence-corrected chi connectivity index (χ0v) is 11.9. The Morgan fingerprint density at radius 2 is 2.00 bits per heavy atom. The fourth-order valence-corrected chi connectivity index (χ4v) is 3.10. The van der Waals surface area contributed by atoms with E-state index in [4.69, 9.17) is 4.84 Å². The molecule has 0 amide bonds. The van der Waals surface area contributed by atoms with E-state index in [2.05, 4.69) is 38.4 Å². The van der Waals surface area contributed by atoms with Gasteiger partial charge in [0.25, 0.3) is 0 Å². The molecule has 17 heavy (non-hydrogen) atoms. The van der Waals surface area contributed by atoms with Gasteiger partial charge in [0.15, 0.2) is 0 Å². The molecule has 96 valence electrons. The summed E-state index contributed by atoms with van der Waals surface area (Å²) in [5.41, 5.74) is 3.38. The SMILES string of the molecule is CC(C)(C)c1ccc(CNOC2CCCC2)s1. The van der Waals surface area contributed by atoms with E-state index >= 15 is 0 Å². The van der Waals surface area contributed by atoms with Gasteiger partial charge in [-0.25, -0.2) is 0 Å². The van der Waals surface area contributed by atoms with Gasteiger partial charge in [-0.2, -0.15) is 5.48 Å². The third-order valence-electron chi connectivity index (χ3n) is 3.20. The van der Waals surface area contributed by atoms with Crippen LogP contribution in [0.2, 0.25) is 0 Å². The minimum Gasteiger partial charge on any atom is -0.298 e. The van der Waals surface area contributed by atoms with Gasteiger partial charge in [-0.1, -0.05) is 33.6 Å². The molecular formula is C14H23NOS. The Morgan fingerprint density at radius 3 is 2.59 bits per heavy atom. The maximum Gasteiger partial charge on any atom is 0.0790 e. The first-order chi connectivity index (χ1) is 8.05. The highest BCUT2D eigenvalue weighted by molar-refractivity contribution is 7.12. The predicted molar refractivity (Wildman–Crippen MR) is 73.2 cm³/mol. The number of hydrogen-bond donors (Lipinski definition) is 1. The number of thiophene rings is 1. The lowest BCUT2D eigenvalue weighted by molar-refractivity contribution is -0.0239. The molecule has 1 aliphatic carbocycles. The second-order valence-electron chi connectivity index (χ2n) is 5.86. The summed E-state index contributed by atoms with van der Waals surface area (Å²) in [5, 5.41) is 0. The van der Waals surface area contributed by atoms with Crippen molar-refractivity contribution in [3.8, 4) is 0 Å². The zero-order valence-electron chi connectivity index (χ0n) is 11.1. The van der Waals surface area contributed by atoms with Crippen LogP contribution in [0.15, 0.2) is 12.1 Å². The second-order valence-corrected chi connectivity index (χ2v) is 7.03. The highest BCUT2D eigenvalue weighted by atomic mass is 32.1. The Bertz CT molecular complexity index is 347. The van der Waals surface area contributed by atoms with Gasteiger partial charge in [-0.05, 0) is 30.4 Å². The first-order valence-electron chi connectivity index (χ1n) is 6.53. The first-order valence-corrected chi connectivity index (χ1v) is 7.35. The lowest BCUT2D eigenvalue weighted by Crippen LogP contribution is -2.20. The average molecular weight is 253 g/mol. The maximum absolute atomic E-state index is 5.66. The zero-order chi connectivity index (χ0) is 12.3. The summed E-state index contributed by atoms with van der Waals surface area (Å²) >= 11 is 1.88. The number of nitrogens with one attached hydrogen (secondary N) is 1. The van der Waals surface area contributed by atoms with E-state index in [1.165, 1.54) is 35.4 Å². The first kappa shape index (κ1) is 13.1. The number of rotatable bonds is 4. The van der Waals surface area contributed by atoms with Gasteiger partial charge in [0.1, 0.15) is 0 Å². The summed E-state index contributed by atoms with van der Waals surface area (Å²) in [5.74, 6) is 0. The fourth-order valence-electron chi connectivity index (χ4n) is 2.11. The van der Waals surface area contributed by atoms with Crippen molar-refractivity contribution in [1.82, 2.24) is 5.48 Å². The molecule has 1 heterocycles. The maximum atomic E-state index is 5.66. The van der Waals surface area contributed by atoms with Crippen molar-refractivity contribution < 1.29 is 4.84 Å². The fraction of sp³-hybridized carbons (Fsp3) is 0.714. The van der Waals surface area contributed by atoms with E-state index in [1.54, 1.807) is 0 Å². The van der Waals surface area contributed by atoms with Crippen molar-refractivity contribution in [2.24, 2.45) is 0 Å². The molecule has 0 bridgehead atoms. The van der Waals surface area contributed by atoms with Crippen LogP contribution in [0, 0.1) is 0 Å². The molecule has 3 heteroatoms. The topological polar surface area (TPSA) is 21.3 Å². The third-order valence-corrected chi connectivity index (χ3v) is 4.71. The van der Waals surface area contributed by atoms with E-state index in [1.807, 2.05) is 11.3 Å². The van der Waals surface area contributed by atoms with Crippen molar-refractivity contribution in [2.45, 2.75) is 64.5 Å². The monoisotopic (exact) mass is 253 g/mol. The molecule has 1 N–H and O–H groups in total. The average Bonchev–Trinajstić information content (AvgIpc) is 2.86. The van der Waals surface area contributed by atoms with E-state index in [0.29, 0.717) is 6.10 Å². The van der Waals surface area contributed by atoms with Gasteiger partial charge in [-0.15, -0.1) is 11.3 Å². The largest absolute Gasteiger partial charge is 0.298 e. The van der Waals surface area contributed by atoms with Crippen molar-refractivity contribution in [1.29, 1.82) is 0 Å². The molecule has 1 fully saturated rings. The predicted octanol–water partition coefficient (Wildman–Crippen LogP) is 4.01. The highest BCUT2D eigenvalue weighted by Gasteiger charge is 2.17. The lowest BCUT2D eigenvalue weighted by atomic mass is 9.95. The highest BCUT2D eigenvalue weighted by Crippen LogP contribution is 2.29.